The van der Waals surface area contributed by atoms with E-state index in [0.29, 0.717) is 11.8 Å². The second kappa shape index (κ2) is 5.68. The van der Waals surface area contributed by atoms with Crippen LogP contribution in [-0.4, -0.2) is 29.6 Å². The lowest BCUT2D eigenvalue weighted by Gasteiger charge is -2.34. The monoisotopic (exact) mass is 274 g/mol. The van der Waals surface area contributed by atoms with Crippen LogP contribution < -0.4 is 10.6 Å². The summed E-state index contributed by atoms with van der Waals surface area (Å²) < 4.78 is 0. The lowest BCUT2D eigenvalue weighted by molar-refractivity contribution is 0.406. The highest BCUT2D eigenvalue weighted by Gasteiger charge is 2.27. The largest absolute Gasteiger partial charge is 0.340 e. The maximum absolute atomic E-state index is 5.83. The molecule has 3 atom stereocenters. The zero-order valence-corrected chi connectivity index (χ0v) is 12.7. The van der Waals surface area contributed by atoms with E-state index in [1.165, 1.54) is 30.5 Å². The first kappa shape index (κ1) is 13.8. The molecule has 110 valence electrons. The number of nitrogens with zero attached hydrogens (tertiary/aromatic N) is 3. The Balaban J connectivity index is 1.84. The van der Waals surface area contributed by atoms with Crippen molar-refractivity contribution < 1.29 is 0 Å². The fourth-order valence-electron chi connectivity index (χ4n) is 3.49. The first-order valence-corrected chi connectivity index (χ1v) is 8.00. The predicted molar refractivity (Wildman–Crippen MR) is 81.9 cm³/mol. The fourth-order valence-corrected chi connectivity index (χ4v) is 3.49. The van der Waals surface area contributed by atoms with Gasteiger partial charge in [-0.2, -0.15) is 0 Å². The van der Waals surface area contributed by atoms with Crippen molar-refractivity contribution in [2.45, 2.75) is 45.4 Å². The van der Waals surface area contributed by atoms with Gasteiger partial charge < -0.3 is 10.6 Å². The smallest absolute Gasteiger partial charge is 0.225 e. The van der Waals surface area contributed by atoms with Crippen molar-refractivity contribution in [1.29, 1.82) is 0 Å². The summed E-state index contributed by atoms with van der Waals surface area (Å²) in [5.41, 5.74) is 8.46. The topological polar surface area (TPSA) is 55.0 Å². The Morgan fingerprint density at radius 3 is 3.00 bits per heavy atom. The molecule has 0 saturated carbocycles. The van der Waals surface area contributed by atoms with Gasteiger partial charge in [-0.15, -0.1) is 0 Å². The third kappa shape index (κ3) is 2.53. The lowest BCUT2D eigenvalue weighted by atomic mass is 9.80. The van der Waals surface area contributed by atoms with Crippen LogP contribution >= 0.6 is 0 Å². The molecule has 3 rings (SSSR count). The molecule has 0 spiro atoms. The third-order valence-electron chi connectivity index (χ3n) is 5.17. The van der Waals surface area contributed by atoms with Crippen LogP contribution in [-0.2, 0) is 6.42 Å². The van der Waals surface area contributed by atoms with Crippen molar-refractivity contribution in [3.05, 3.63) is 17.5 Å². The molecule has 0 radical (unpaired) electrons. The van der Waals surface area contributed by atoms with Gasteiger partial charge in [-0.05, 0) is 49.6 Å². The lowest BCUT2D eigenvalue weighted by Crippen LogP contribution is -2.39. The normalized spacial score (nSPS) is 30.1. The first-order valence-electron chi connectivity index (χ1n) is 8.00. The highest BCUT2D eigenvalue weighted by molar-refractivity contribution is 5.36. The Hall–Kier alpha value is -1.16. The zero-order chi connectivity index (χ0) is 14.1. The highest BCUT2D eigenvalue weighted by Crippen LogP contribution is 2.35. The molecule has 2 aliphatic rings. The minimum atomic E-state index is 0.551. The van der Waals surface area contributed by atoms with Crippen LogP contribution in [0.2, 0.25) is 0 Å². The molecule has 1 fully saturated rings. The highest BCUT2D eigenvalue weighted by atomic mass is 15.3. The number of anilines is 1. The van der Waals surface area contributed by atoms with Crippen molar-refractivity contribution in [2.24, 2.45) is 17.6 Å². The second-order valence-corrected chi connectivity index (χ2v) is 6.58. The summed E-state index contributed by atoms with van der Waals surface area (Å²) in [5.74, 6) is 2.79. The Morgan fingerprint density at radius 1 is 1.35 bits per heavy atom. The van der Waals surface area contributed by atoms with E-state index >= 15 is 0 Å². The Morgan fingerprint density at radius 2 is 2.20 bits per heavy atom. The van der Waals surface area contributed by atoms with Crippen LogP contribution in [0.4, 0.5) is 5.95 Å². The molecule has 0 aromatic carbocycles. The predicted octanol–water partition coefficient (Wildman–Crippen LogP) is 2.34. The number of hydrogen-bond donors (Lipinski definition) is 1. The molecule has 20 heavy (non-hydrogen) atoms. The molecule has 1 aliphatic carbocycles. The summed E-state index contributed by atoms with van der Waals surface area (Å²) in [7, 11) is 0. The molecule has 4 nitrogen and oxygen atoms in total. The summed E-state index contributed by atoms with van der Waals surface area (Å²) in [6.45, 7) is 7.49. The molecule has 4 heteroatoms. The van der Waals surface area contributed by atoms with Gasteiger partial charge in [-0.3, -0.25) is 0 Å². The summed E-state index contributed by atoms with van der Waals surface area (Å²) in [5, 5.41) is 0. The van der Waals surface area contributed by atoms with Crippen molar-refractivity contribution in [3.8, 4) is 0 Å². The van der Waals surface area contributed by atoms with E-state index in [0.717, 1.165) is 37.9 Å². The molecule has 2 N–H and O–H groups in total. The number of rotatable bonds is 2. The maximum atomic E-state index is 5.83. The van der Waals surface area contributed by atoms with E-state index in [4.69, 9.17) is 10.7 Å². The van der Waals surface area contributed by atoms with Gasteiger partial charge in [0.15, 0.2) is 0 Å². The molecule has 2 heterocycles. The van der Waals surface area contributed by atoms with Crippen LogP contribution in [0.25, 0.3) is 0 Å². The SMILES string of the molecule is CC1CCc2cnc(N3CCCC(CN)C3)nc2C1C. The number of aromatic nitrogens is 2. The molecule has 1 aromatic rings. The summed E-state index contributed by atoms with van der Waals surface area (Å²) in [4.78, 5) is 11.9. The molecule has 3 unspecified atom stereocenters. The number of piperidine rings is 1. The van der Waals surface area contributed by atoms with Crippen LogP contribution in [0.1, 0.15) is 50.3 Å². The number of aryl methyl sites for hydroxylation is 1. The van der Waals surface area contributed by atoms with Gasteiger partial charge in [0.05, 0.1) is 5.69 Å². The van der Waals surface area contributed by atoms with Crippen LogP contribution in [0.5, 0.6) is 0 Å². The number of fused-ring (bicyclic) bond motifs is 1. The quantitative estimate of drug-likeness (QED) is 0.899. The van der Waals surface area contributed by atoms with Gasteiger partial charge in [0.25, 0.3) is 0 Å². The standard InChI is InChI=1S/C16H26N4/c1-11-5-6-14-9-18-16(19-15(14)12(11)2)20-7-3-4-13(8-17)10-20/h9,11-13H,3-8,10,17H2,1-2H3. The van der Waals surface area contributed by atoms with Crippen LogP contribution in [0.3, 0.4) is 0 Å². The summed E-state index contributed by atoms with van der Waals surface area (Å²) >= 11 is 0. The molecule has 0 amide bonds. The molecular weight excluding hydrogens is 248 g/mol. The minimum Gasteiger partial charge on any atom is -0.340 e. The van der Waals surface area contributed by atoms with E-state index < -0.39 is 0 Å². The van der Waals surface area contributed by atoms with Gasteiger partial charge >= 0.3 is 0 Å². The first-order chi connectivity index (χ1) is 9.69. The number of hydrogen-bond acceptors (Lipinski definition) is 4. The molecule has 1 aromatic heterocycles. The van der Waals surface area contributed by atoms with Crippen molar-refractivity contribution in [2.75, 3.05) is 24.5 Å². The van der Waals surface area contributed by atoms with Gasteiger partial charge in [0, 0.05) is 25.2 Å². The second-order valence-electron chi connectivity index (χ2n) is 6.58. The average molecular weight is 274 g/mol. The van der Waals surface area contributed by atoms with Gasteiger partial charge in [-0.1, -0.05) is 13.8 Å². The van der Waals surface area contributed by atoms with E-state index in [1.54, 1.807) is 0 Å². The van der Waals surface area contributed by atoms with Crippen LogP contribution in [0, 0.1) is 11.8 Å². The van der Waals surface area contributed by atoms with Crippen molar-refractivity contribution >= 4 is 5.95 Å². The third-order valence-corrected chi connectivity index (χ3v) is 5.17. The van der Waals surface area contributed by atoms with Gasteiger partial charge in [-0.25, -0.2) is 9.97 Å². The Kier molecular flexibility index (Phi) is 3.92. The fraction of sp³-hybridized carbons (Fsp3) is 0.750. The molecule has 1 saturated heterocycles. The molecular formula is C16H26N4. The van der Waals surface area contributed by atoms with E-state index in [-0.39, 0.29) is 0 Å². The van der Waals surface area contributed by atoms with Gasteiger partial charge in [0.2, 0.25) is 5.95 Å². The van der Waals surface area contributed by atoms with Crippen LogP contribution in [0.15, 0.2) is 6.20 Å². The van der Waals surface area contributed by atoms with Crippen molar-refractivity contribution in [3.63, 3.8) is 0 Å². The molecule has 0 bridgehead atoms. The molecule has 1 aliphatic heterocycles. The summed E-state index contributed by atoms with van der Waals surface area (Å²) in [6, 6.07) is 0. The van der Waals surface area contributed by atoms with Gasteiger partial charge in [0.1, 0.15) is 0 Å². The maximum Gasteiger partial charge on any atom is 0.225 e. The Bertz CT molecular complexity index is 474. The minimum absolute atomic E-state index is 0.551. The van der Waals surface area contributed by atoms with E-state index in [9.17, 15) is 0 Å². The van der Waals surface area contributed by atoms with Crippen molar-refractivity contribution in [1.82, 2.24) is 9.97 Å². The summed E-state index contributed by atoms with van der Waals surface area (Å²) in [6.07, 6.45) is 6.90. The Labute approximate surface area is 121 Å². The van der Waals surface area contributed by atoms with E-state index in [1.807, 2.05) is 0 Å². The number of nitrogens with two attached hydrogens (primary N) is 1. The average Bonchev–Trinajstić information content (AvgIpc) is 2.51. The van der Waals surface area contributed by atoms with E-state index in [2.05, 4.69) is 29.9 Å². The zero-order valence-electron chi connectivity index (χ0n) is 12.7.